The summed E-state index contributed by atoms with van der Waals surface area (Å²) >= 11 is 0. The number of methoxy groups -OCH3 is 3. The fourth-order valence-electron chi connectivity index (χ4n) is 2.23. The first kappa shape index (κ1) is 16.3. The largest absolute Gasteiger partial charge is 0.493 e. The molecule has 0 saturated heterocycles. The second-order valence-corrected chi connectivity index (χ2v) is 4.88. The Balaban J connectivity index is 2.17. The van der Waals surface area contributed by atoms with E-state index in [1.807, 2.05) is 29.1 Å². The number of benzene rings is 1. The highest BCUT2D eigenvalue weighted by Crippen LogP contribution is 2.29. The van der Waals surface area contributed by atoms with Crippen LogP contribution in [-0.4, -0.2) is 44.3 Å². The maximum absolute atomic E-state index is 5.34. The maximum Gasteiger partial charge on any atom is 0.162 e. The monoisotopic (exact) mass is 305 g/mol. The first-order valence-electron chi connectivity index (χ1n) is 7.16. The number of aromatic nitrogens is 2. The van der Waals surface area contributed by atoms with Crippen molar-refractivity contribution in [2.75, 3.05) is 34.5 Å². The molecular formula is C16H23N3O3. The van der Waals surface area contributed by atoms with E-state index in [0.29, 0.717) is 18.1 Å². The van der Waals surface area contributed by atoms with Gasteiger partial charge in [0.15, 0.2) is 11.5 Å². The van der Waals surface area contributed by atoms with Crippen LogP contribution in [-0.2, 0) is 11.3 Å². The van der Waals surface area contributed by atoms with E-state index in [0.717, 1.165) is 30.0 Å². The minimum absolute atomic E-state index is 0.690. The van der Waals surface area contributed by atoms with E-state index in [-0.39, 0.29) is 0 Å². The van der Waals surface area contributed by atoms with Crippen LogP contribution in [0.1, 0.15) is 11.3 Å². The van der Waals surface area contributed by atoms with Crippen molar-refractivity contribution in [2.45, 2.75) is 13.5 Å². The number of nitrogens with zero attached hydrogens (tertiary/aromatic N) is 2. The van der Waals surface area contributed by atoms with Crippen molar-refractivity contribution in [3.63, 3.8) is 0 Å². The number of hydrogen-bond acceptors (Lipinski definition) is 5. The first-order valence-corrected chi connectivity index (χ1v) is 7.16. The van der Waals surface area contributed by atoms with Gasteiger partial charge in [-0.3, -0.25) is 0 Å². The molecule has 1 N–H and O–H groups in total. The topological polar surface area (TPSA) is 57.5 Å². The summed E-state index contributed by atoms with van der Waals surface area (Å²) in [5, 5.41) is 7.79. The molecule has 1 aromatic carbocycles. The third-order valence-electron chi connectivity index (χ3n) is 3.52. The molecule has 120 valence electrons. The molecule has 0 aliphatic rings. The van der Waals surface area contributed by atoms with Crippen molar-refractivity contribution in [1.29, 1.82) is 0 Å². The second-order valence-electron chi connectivity index (χ2n) is 4.88. The number of rotatable bonds is 8. The van der Waals surface area contributed by atoms with Crippen LogP contribution >= 0.6 is 0 Å². The predicted molar refractivity (Wildman–Crippen MR) is 85.0 cm³/mol. The van der Waals surface area contributed by atoms with Gasteiger partial charge >= 0.3 is 0 Å². The summed E-state index contributed by atoms with van der Waals surface area (Å²) in [4.78, 5) is 0. The highest BCUT2D eigenvalue weighted by atomic mass is 16.5. The van der Waals surface area contributed by atoms with E-state index in [4.69, 9.17) is 14.2 Å². The molecule has 0 radical (unpaired) electrons. The molecule has 0 amide bonds. The molecule has 1 aromatic heterocycles. The highest BCUT2D eigenvalue weighted by Gasteiger charge is 2.11. The fourth-order valence-corrected chi connectivity index (χ4v) is 2.23. The molecule has 0 saturated carbocycles. The third-order valence-corrected chi connectivity index (χ3v) is 3.52. The molecule has 0 spiro atoms. The summed E-state index contributed by atoms with van der Waals surface area (Å²) in [7, 11) is 4.95. The summed E-state index contributed by atoms with van der Waals surface area (Å²) in [6.45, 7) is 4.33. The second kappa shape index (κ2) is 7.82. The quantitative estimate of drug-likeness (QED) is 0.755. The lowest BCUT2D eigenvalue weighted by molar-refractivity contribution is 0.199. The van der Waals surface area contributed by atoms with Gasteiger partial charge in [-0.25, -0.2) is 4.68 Å². The van der Waals surface area contributed by atoms with Crippen LogP contribution in [0.2, 0.25) is 0 Å². The average Bonchev–Trinajstić information content (AvgIpc) is 2.92. The molecule has 0 bridgehead atoms. The molecular weight excluding hydrogens is 282 g/mol. The van der Waals surface area contributed by atoms with Crippen LogP contribution in [0.4, 0.5) is 0 Å². The van der Waals surface area contributed by atoms with E-state index >= 15 is 0 Å². The van der Waals surface area contributed by atoms with Gasteiger partial charge in [0.2, 0.25) is 0 Å². The van der Waals surface area contributed by atoms with Crippen LogP contribution in [0, 0.1) is 6.92 Å². The molecule has 22 heavy (non-hydrogen) atoms. The molecule has 2 aromatic rings. The Hall–Kier alpha value is -2.05. The normalized spacial score (nSPS) is 10.7. The standard InChI is InChI=1S/C16H23N3O3/c1-12-13(10-17-7-8-20-2)11-18-19(12)14-5-6-15(21-3)16(9-14)22-4/h5-6,9,11,17H,7-8,10H2,1-4H3. The first-order chi connectivity index (χ1) is 10.7. The molecule has 2 rings (SSSR count). The SMILES string of the molecule is COCCNCc1cnn(-c2ccc(OC)c(OC)c2)c1C. The highest BCUT2D eigenvalue weighted by molar-refractivity contribution is 5.49. The summed E-state index contributed by atoms with van der Waals surface area (Å²) < 4.78 is 17.5. The van der Waals surface area contributed by atoms with Gasteiger partial charge in [0, 0.05) is 37.5 Å². The lowest BCUT2D eigenvalue weighted by atomic mass is 10.2. The molecule has 6 nitrogen and oxygen atoms in total. The smallest absolute Gasteiger partial charge is 0.162 e. The van der Waals surface area contributed by atoms with E-state index in [2.05, 4.69) is 17.3 Å². The van der Waals surface area contributed by atoms with Crippen molar-refractivity contribution in [2.24, 2.45) is 0 Å². The van der Waals surface area contributed by atoms with Gasteiger partial charge in [-0.1, -0.05) is 0 Å². The van der Waals surface area contributed by atoms with Crippen LogP contribution in [0.25, 0.3) is 5.69 Å². The van der Waals surface area contributed by atoms with E-state index in [1.165, 1.54) is 0 Å². The van der Waals surface area contributed by atoms with E-state index < -0.39 is 0 Å². The van der Waals surface area contributed by atoms with Crippen LogP contribution in [0.15, 0.2) is 24.4 Å². The Morgan fingerprint density at radius 1 is 1.14 bits per heavy atom. The van der Waals surface area contributed by atoms with Gasteiger partial charge in [0.1, 0.15) is 0 Å². The molecule has 6 heteroatoms. The number of nitrogens with one attached hydrogen (secondary N) is 1. The molecule has 1 heterocycles. The van der Waals surface area contributed by atoms with Crippen LogP contribution in [0.5, 0.6) is 11.5 Å². The number of ether oxygens (including phenoxy) is 3. The van der Waals surface area contributed by atoms with Crippen LogP contribution < -0.4 is 14.8 Å². The Kier molecular flexibility index (Phi) is 5.80. The molecule has 0 aliphatic carbocycles. The van der Waals surface area contributed by atoms with Gasteiger partial charge < -0.3 is 19.5 Å². The summed E-state index contributed by atoms with van der Waals surface area (Å²) in [5.41, 5.74) is 3.20. The zero-order valence-corrected chi connectivity index (χ0v) is 13.5. The molecule has 0 atom stereocenters. The van der Waals surface area contributed by atoms with E-state index in [9.17, 15) is 0 Å². The van der Waals surface area contributed by atoms with Crippen molar-refractivity contribution in [3.8, 4) is 17.2 Å². The average molecular weight is 305 g/mol. The number of hydrogen-bond donors (Lipinski definition) is 1. The maximum atomic E-state index is 5.34. The van der Waals surface area contributed by atoms with Gasteiger partial charge in [-0.2, -0.15) is 5.10 Å². The lowest BCUT2D eigenvalue weighted by Gasteiger charge is -2.11. The van der Waals surface area contributed by atoms with Crippen LogP contribution in [0.3, 0.4) is 0 Å². The fraction of sp³-hybridized carbons (Fsp3) is 0.438. The molecule has 0 aliphatic heterocycles. The van der Waals surface area contributed by atoms with Crippen molar-refractivity contribution >= 4 is 0 Å². The minimum Gasteiger partial charge on any atom is -0.493 e. The molecule has 0 unspecified atom stereocenters. The molecule has 0 fully saturated rings. The van der Waals surface area contributed by atoms with E-state index in [1.54, 1.807) is 21.3 Å². The lowest BCUT2D eigenvalue weighted by Crippen LogP contribution is -2.18. The third kappa shape index (κ3) is 3.58. The van der Waals surface area contributed by atoms with Gasteiger partial charge in [-0.15, -0.1) is 0 Å². The van der Waals surface area contributed by atoms with Gasteiger partial charge in [-0.05, 0) is 19.1 Å². The zero-order chi connectivity index (χ0) is 15.9. The van der Waals surface area contributed by atoms with Gasteiger partial charge in [0.25, 0.3) is 0 Å². The Labute approximate surface area is 131 Å². The summed E-state index contributed by atoms with van der Waals surface area (Å²) in [6, 6.07) is 5.76. The van der Waals surface area contributed by atoms with Crippen molar-refractivity contribution in [3.05, 3.63) is 35.7 Å². The summed E-state index contributed by atoms with van der Waals surface area (Å²) in [5.74, 6) is 1.40. The van der Waals surface area contributed by atoms with Crippen molar-refractivity contribution in [1.82, 2.24) is 15.1 Å². The zero-order valence-electron chi connectivity index (χ0n) is 13.5. The predicted octanol–water partition coefficient (Wildman–Crippen LogP) is 1.93. The summed E-state index contributed by atoms with van der Waals surface area (Å²) in [6.07, 6.45) is 1.88. The Bertz CT molecular complexity index is 611. The Morgan fingerprint density at radius 2 is 1.91 bits per heavy atom. The Morgan fingerprint density at radius 3 is 2.59 bits per heavy atom. The van der Waals surface area contributed by atoms with Crippen molar-refractivity contribution < 1.29 is 14.2 Å². The minimum atomic E-state index is 0.690. The van der Waals surface area contributed by atoms with Gasteiger partial charge in [0.05, 0.1) is 32.7 Å².